The van der Waals surface area contributed by atoms with Crippen LogP contribution in [0.4, 0.5) is 0 Å². The molecule has 100 valence electrons. The molecule has 0 radical (unpaired) electrons. The largest absolute Gasteiger partial charge is 0.346 e. The standard InChI is InChI=1S/C13H20ClN3O/c1-3-17-12(8-9(2)16-17)13(18)15-11-7-5-4-6-10(11)14/h8,10-11H,3-7H2,1-2H3,(H,15,18). The maximum absolute atomic E-state index is 12.2. The van der Waals surface area contributed by atoms with Crippen LogP contribution in [0.3, 0.4) is 0 Å². The van der Waals surface area contributed by atoms with Gasteiger partial charge >= 0.3 is 0 Å². The van der Waals surface area contributed by atoms with E-state index in [2.05, 4.69) is 10.4 Å². The van der Waals surface area contributed by atoms with E-state index in [1.807, 2.05) is 19.9 Å². The molecule has 0 spiro atoms. The third-order valence-electron chi connectivity index (χ3n) is 3.43. The minimum absolute atomic E-state index is 0.0572. The van der Waals surface area contributed by atoms with Gasteiger partial charge in [0.2, 0.25) is 0 Å². The zero-order valence-corrected chi connectivity index (χ0v) is 11.7. The van der Waals surface area contributed by atoms with Crippen molar-refractivity contribution in [2.24, 2.45) is 0 Å². The molecule has 1 aromatic heterocycles. The van der Waals surface area contributed by atoms with Crippen LogP contribution in [0.5, 0.6) is 0 Å². The van der Waals surface area contributed by atoms with Crippen molar-refractivity contribution in [3.05, 3.63) is 17.5 Å². The van der Waals surface area contributed by atoms with Crippen molar-refractivity contribution < 1.29 is 4.79 Å². The smallest absolute Gasteiger partial charge is 0.269 e. The number of carbonyl (C=O) groups is 1. The van der Waals surface area contributed by atoms with E-state index in [-0.39, 0.29) is 17.3 Å². The summed E-state index contributed by atoms with van der Waals surface area (Å²) in [7, 11) is 0. The first-order chi connectivity index (χ1) is 8.61. The van der Waals surface area contributed by atoms with Gasteiger partial charge in [0.1, 0.15) is 5.69 Å². The predicted octanol–water partition coefficient (Wildman–Crippen LogP) is 2.49. The number of rotatable bonds is 3. The van der Waals surface area contributed by atoms with Crippen LogP contribution in [0.2, 0.25) is 0 Å². The highest BCUT2D eigenvalue weighted by atomic mass is 35.5. The van der Waals surface area contributed by atoms with Gasteiger partial charge in [0.05, 0.1) is 11.1 Å². The Balaban J connectivity index is 2.06. The Hall–Kier alpha value is -1.03. The van der Waals surface area contributed by atoms with E-state index in [0.29, 0.717) is 12.2 Å². The molecule has 5 heteroatoms. The molecule has 0 saturated heterocycles. The highest BCUT2D eigenvalue weighted by Crippen LogP contribution is 2.23. The number of nitrogens with zero attached hydrogens (tertiary/aromatic N) is 2. The van der Waals surface area contributed by atoms with Crippen molar-refractivity contribution in [2.75, 3.05) is 0 Å². The van der Waals surface area contributed by atoms with Crippen LogP contribution in [0, 0.1) is 6.92 Å². The van der Waals surface area contributed by atoms with E-state index in [1.165, 1.54) is 0 Å². The lowest BCUT2D eigenvalue weighted by atomic mass is 9.95. The van der Waals surface area contributed by atoms with E-state index in [9.17, 15) is 4.79 Å². The highest BCUT2D eigenvalue weighted by molar-refractivity contribution is 6.21. The van der Waals surface area contributed by atoms with Gasteiger partial charge in [-0.25, -0.2) is 0 Å². The molecule has 2 unspecified atom stereocenters. The Morgan fingerprint density at radius 1 is 1.56 bits per heavy atom. The van der Waals surface area contributed by atoms with Crippen molar-refractivity contribution in [3.8, 4) is 0 Å². The van der Waals surface area contributed by atoms with Crippen LogP contribution < -0.4 is 5.32 Å². The quantitative estimate of drug-likeness (QED) is 0.857. The van der Waals surface area contributed by atoms with E-state index >= 15 is 0 Å². The van der Waals surface area contributed by atoms with Crippen LogP contribution in [0.25, 0.3) is 0 Å². The van der Waals surface area contributed by atoms with E-state index in [4.69, 9.17) is 11.6 Å². The lowest BCUT2D eigenvalue weighted by Crippen LogP contribution is -2.43. The summed E-state index contributed by atoms with van der Waals surface area (Å²) in [6, 6.07) is 1.92. The van der Waals surface area contributed by atoms with Crippen molar-refractivity contribution in [1.29, 1.82) is 0 Å². The molecule has 1 aliphatic rings. The molecular weight excluding hydrogens is 250 g/mol. The third-order valence-corrected chi connectivity index (χ3v) is 3.95. The Morgan fingerprint density at radius 2 is 2.28 bits per heavy atom. The van der Waals surface area contributed by atoms with Gasteiger partial charge in [0.15, 0.2) is 0 Å². The lowest BCUT2D eigenvalue weighted by molar-refractivity contribution is 0.0918. The van der Waals surface area contributed by atoms with Gasteiger partial charge in [-0.2, -0.15) is 5.10 Å². The first-order valence-corrected chi connectivity index (χ1v) is 7.05. The Morgan fingerprint density at radius 3 is 2.94 bits per heavy atom. The lowest BCUT2D eigenvalue weighted by Gasteiger charge is -2.27. The summed E-state index contributed by atoms with van der Waals surface area (Å²) >= 11 is 6.26. The van der Waals surface area contributed by atoms with Crippen LogP contribution in [-0.4, -0.2) is 27.1 Å². The summed E-state index contributed by atoms with van der Waals surface area (Å²) < 4.78 is 1.73. The molecule has 18 heavy (non-hydrogen) atoms. The molecule has 1 heterocycles. The molecule has 1 aromatic rings. The molecule has 0 aromatic carbocycles. The fraction of sp³-hybridized carbons (Fsp3) is 0.692. The number of hydrogen-bond donors (Lipinski definition) is 1. The zero-order valence-electron chi connectivity index (χ0n) is 10.9. The number of nitrogens with one attached hydrogen (secondary N) is 1. The second-order valence-corrected chi connectivity index (χ2v) is 5.43. The van der Waals surface area contributed by atoms with Crippen LogP contribution >= 0.6 is 11.6 Å². The molecule has 1 N–H and O–H groups in total. The molecular formula is C13H20ClN3O. The summed E-state index contributed by atoms with van der Waals surface area (Å²) in [6.07, 6.45) is 4.25. The summed E-state index contributed by atoms with van der Waals surface area (Å²) in [4.78, 5) is 12.2. The van der Waals surface area contributed by atoms with Gasteiger partial charge in [0, 0.05) is 12.6 Å². The van der Waals surface area contributed by atoms with Gasteiger partial charge in [-0.05, 0) is 32.8 Å². The van der Waals surface area contributed by atoms with Gasteiger partial charge in [-0.1, -0.05) is 12.8 Å². The van der Waals surface area contributed by atoms with Crippen LogP contribution in [0.1, 0.15) is 48.8 Å². The summed E-state index contributed by atoms with van der Waals surface area (Å²) in [6.45, 7) is 4.58. The topological polar surface area (TPSA) is 46.9 Å². The summed E-state index contributed by atoms with van der Waals surface area (Å²) in [5, 5.41) is 7.38. The number of halogens is 1. The van der Waals surface area contributed by atoms with Crippen molar-refractivity contribution in [2.45, 2.75) is 57.5 Å². The van der Waals surface area contributed by atoms with E-state index < -0.39 is 0 Å². The average molecular weight is 270 g/mol. The van der Waals surface area contributed by atoms with E-state index in [0.717, 1.165) is 31.4 Å². The van der Waals surface area contributed by atoms with E-state index in [1.54, 1.807) is 4.68 Å². The van der Waals surface area contributed by atoms with Crippen molar-refractivity contribution >= 4 is 17.5 Å². The molecule has 4 nitrogen and oxygen atoms in total. The molecule has 2 rings (SSSR count). The van der Waals surface area contributed by atoms with Crippen molar-refractivity contribution in [1.82, 2.24) is 15.1 Å². The first kappa shape index (κ1) is 13.4. The number of aryl methyl sites for hydroxylation is 2. The first-order valence-electron chi connectivity index (χ1n) is 6.61. The molecule has 1 fully saturated rings. The highest BCUT2D eigenvalue weighted by Gasteiger charge is 2.26. The number of aromatic nitrogens is 2. The van der Waals surface area contributed by atoms with Gasteiger partial charge in [-0.15, -0.1) is 11.6 Å². The maximum atomic E-state index is 12.2. The van der Waals surface area contributed by atoms with Gasteiger partial charge in [0.25, 0.3) is 5.91 Å². The second-order valence-electron chi connectivity index (χ2n) is 4.87. The second kappa shape index (κ2) is 5.74. The number of carbonyl (C=O) groups excluding carboxylic acids is 1. The summed E-state index contributed by atoms with van der Waals surface area (Å²) in [5.41, 5.74) is 1.50. The Labute approximate surface area is 113 Å². The monoisotopic (exact) mass is 269 g/mol. The maximum Gasteiger partial charge on any atom is 0.269 e. The molecule has 1 aliphatic carbocycles. The molecule has 2 atom stereocenters. The molecule has 0 bridgehead atoms. The molecule has 1 saturated carbocycles. The minimum atomic E-state index is -0.0602. The molecule has 1 amide bonds. The predicted molar refractivity (Wildman–Crippen MR) is 72.0 cm³/mol. The van der Waals surface area contributed by atoms with Crippen LogP contribution in [-0.2, 0) is 6.54 Å². The summed E-state index contributed by atoms with van der Waals surface area (Å²) in [5.74, 6) is -0.0602. The fourth-order valence-electron chi connectivity index (χ4n) is 2.46. The SMILES string of the molecule is CCn1nc(C)cc1C(=O)NC1CCCCC1Cl. The molecule has 0 aliphatic heterocycles. The average Bonchev–Trinajstić information content (AvgIpc) is 2.73. The van der Waals surface area contributed by atoms with Gasteiger partial charge in [-0.3, -0.25) is 9.48 Å². The Bertz CT molecular complexity index is 430. The van der Waals surface area contributed by atoms with Crippen molar-refractivity contribution in [3.63, 3.8) is 0 Å². The van der Waals surface area contributed by atoms with Crippen LogP contribution in [0.15, 0.2) is 6.07 Å². The zero-order chi connectivity index (χ0) is 13.1. The number of alkyl halides is 1. The third kappa shape index (κ3) is 2.86. The normalized spacial score (nSPS) is 23.9. The minimum Gasteiger partial charge on any atom is -0.346 e. The van der Waals surface area contributed by atoms with Gasteiger partial charge < -0.3 is 5.32 Å². The number of amides is 1. The Kier molecular flexibility index (Phi) is 4.27. The fourth-order valence-corrected chi connectivity index (χ4v) is 2.80. The number of hydrogen-bond acceptors (Lipinski definition) is 2.